The van der Waals surface area contributed by atoms with E-state index in [1.165, 1.54) is 31.9 Å². The zero-order valence-electron chi connectivity index (χ0n) is 20.5. The first-order chi connectivity index (χ1) is 18.4. The van der Waals surface area contributed by atoms with E-state index in [0.717, 1.165) is 11.3 Å². The minimum Gasteiger partial charge on any atom is -0.256 e. The van der Waals surface area contributed by atoms with Crippen molar-refractivity contribution in [2.24, 2.45) is 0 Å². The molecule has 37 heavy (non-hydrogen) atoms. The second-order valence-electron chi connectivity index (χ2n) is 9.22. The van der Waals surface area contributed by atoms with Crippen molar-refractivity contribution in [3.63, 3.8) is 0 Å². The lowest BCUT2D eigenvalue weighted by Gasteiger charge is -2.35. The van der Waals surface area contributed by atoms with Crippen molar-refractivity contribution in [1.82, 2.24) is 4.98 Å². The molecule has 1 aromatic heterocycles. The average Bonchev–Trinajstić information content (AvgIpc) is 3.00. The summed E-state index contributed by atoms with van der Waals surface area (Å²) in [6.45, 7) is 0. The Hall–Kier alpha value is -4.53. The molecule has 0 aliphatic carbocycles. The van der Waals surface area contributed by atoms with E-state index in [0.29, 0.717) is 0 Å². The summed E-state index contributed by atoms with van der Waals surface area (Å²) in [6.07, 6.45) is 1.87. The molecule has 1 nitrogen and oxygen atoms in total. The Morgan fingerprint density at radius 1 is 0.351 bits per heavy atom. The Balaban J connectivity index is 1.68. The minimum absolute atomic E-state index is 0.992. The first-order valence-electron chi connectivity index (χ1n) is 12.6. The molecule has 5 aromatic carbocycles. The Morgan fingerprint density at radius 2 is 0.811 bits per heavy atom. The molecule has 0 unspecified atom stereocenters. The number of hydrogen-bond donors (Lipinski definition) is 0. The second kappa shape index (κ2) is 10.2. The third-order valence-corrected chi connectivity index (χ3v) is 11.8. The van der Waals surface area contributed by atoms with Gasteiger partial charge in [0.25, 0.3) is 0 Å². The van der Waals surface area contributed by atoms with Crippen LogP contribution in [0.25, 0.3) is 22.4 Å². The fourth-order valence-corrected chi connectivity index (χ4v) is 10.2. The summed E-state index contributed by atoms with van der Waals surface area (Å²) in [5.41, 5.74) is 4.60. The molecule has 0 radical (unpaired) electrons. The van der Waals surface area contributed by atoms with E-state index >= 15 is 0 Å². The Morgan fingerprint density at radius 3 is 1.38 bits per heavy atom. The number of hydrogen-bond acceptors (Lipinski definition) is 1. The maximum absolute atomic E-state index is 4.66. The third-order valence-electron chi connectivity index (χ3n) is 7.07. The van der Waals surface area contributed by atoms with Crippen LogP contribution in [0.3, 0.4) is 0 Å². The van der Waals surface area contributed by atoms with Gasteiger partial charge in [0.15, 0.2) is 8.07 Å². The van der Waals surface area contributed by atoms with Gasteiger partial charge in [-0.15, -0.1) is 0 Å². The van der Waals surface area contributed by atoms with Gasteiger partial charge in [-0.2, -0.15) is 0 Å². The minimum atomic E-state index is -2.66. The maximum atomic E-state index is 4.66. The van der Waals surface area contributed by atoms with Gasteiger partial charge in [-0.1, -0.05) is 146 Å². The van der Waals surface area contributed by atoms with Gasteiger partial charge in [0.1, 0.15) is 0 Å². The van der Waals surface area contributed by atoms with Crippen molar-refractivity contribution in [2.45, 2.75) is 0 Å². The van der Waals surface area contributed by atoms with Crippen LogP contribution in [0.1, 0.15) is 0 Å². The van der Waals surface area contributed by atoms with Gasteiger partial charge < -0.3 is 0 Å². The van der Waals surface area contributed by atoms with Gasteiger partial charge in [0, 0.05) is 11.8 Å². The lowest BCUT2D eigenvalue weighted by atomic mass is 10.1. The Bertz CT molecular complexity index is 1470. The predicted octanol–water partition coefficient (Wildman–Crippen LogP) is 5.79. The van der Waals surface area contributed by atoms with E-state index in [4.69, 9.17) is 0 Å². The molecule has 6 rings (SSSR count). The molecular weight excluding hydrogens is 462 g/mol. The molecular formula is C35H27NSi. The van der Waals surface area contributed by atoms with Gasteiger partial charge in [-0.05, 0) is 44.0 Å². The molecule has 0 spiro atoms. The lowest BCUT2D eigenvalue weighted by molar-refractivity contribution is 1.33. The zero-order chi connectivity index (χ0) is 24.9. The van der Waals surface area contributed by atoms with Crippen LogP contribution in [0.5, 0.6) is 0 Å². The van der Waals surface area contributed by atoms with E-state index < -0.39 is 8.07 Å². The van der Waals surface area contributed by atoms with Crippen LogP contribution in [0.2, 0.25) is 0 Å². The van der Waals surface area contributed by atoms with Crippen molar-refractivity contribution < 1.29 is 0 Å². The second-order valence-corrected chi connectivity index (χ2v) is 13.0. The highest BCUT2D eigenvalue weighted by Crippen LogP contribution is 2.21. The molecule has 0 aliphatic heterocycles. The molecule has 0 fully saturated rings. The largest absolute Gasteiger partial charge is 0.256 e. The molecule has 176 valence electrons. The summed E-state index contributed by atoms with van der Waals surface area (Å²) in [6, 6.07) is 57.1. The van der Waals surface area contributed by atoms with E-state index in [-0.39, 0.29) is 0 Å². The smallest absolute Gasteiger partial charge is 0.179 e. The molecule has 0 aliphatic rings. The first-order valence-corrected chi connectivity index (χ1v) is 14.6. The van der Waals surface area contributed by atoms with Crippen molar-refractivity contribution in [1.29, 1.82) is 0 Å². The molecule has 0 atom stereocenters. The van der Waals surface area contributed by atoms with Crippen molar-refractivity contribution in [2.75, 3.05) is 0 Å². The van der Waals surface area contributed by atoms with E-state index in [2.05, 4.69) is 157 Å². The summed E-state index contributed by atoms with van der Waals surface area (Å²) >= 11 is 0. The predicted molar refractivity (Wildman–Crippen MR) is 159 cm³/mol. The van der Waals surface area contributed by atoms with Crippen LogP contribution in [0.15, 0.2) is 164 Å². The Labute approximate surface area is 219 Å². The van der Waals surface area contributed by atoms with E-state index in [1.807, 2.05) is 12.3 Å². The highest BCUT2D eigenvalue weighted by atomic mass is 28.3. The molecule has 0 saturated carbocycles. The number of pyridine rings is 1. The van der Waals surface area contributed by atoms with Gasteiger partial charge >= 0.3 is 0 Å². The fourth-order valence-electron chi connectivity index (χ4n) is 5.38. The van der Waals surface area contributed by atoms with Gasteiger partial charge in [0.2, 0.25) is 0 Å². The fraction of sp³-hybridized carbons (Fsp3) is 0. The summed E-state index contributed by atoms with van der Waals surface area (Å²) in [5, 5.41) is 5.44. The number of benzene rings is 5. The molecule has 0 saturated heterocycles. The van der Waals surface area contributed by atoms with Gasteiger partial charge in [-0.25, -0.2) is 0 Å². The summed E-state index contributed by atoms with van der Waals surface area (Å²) < 4.78 is 0. The Kier molecular flexibility index (Phi) is 6.32. The van der Waals surface area contributed by atoms with Crippen LogP contribution in [-0.2, 0) is 0 Å². The summed E-state index contributed by atoms with van der Waals surface area (Å²) in [4.78, 5) is 4.66. The van der Waals surface area contributed by atoms with Gasteiger partial charge in [0.05, 0.1) is 5.69 Å². The highest BCUT2D eigenvalue weighted by molar-refractivity contribution is 7.20. The van der Waals surface area contributed by atoms with Crippen LogP contribution in [0, 0.1) is 0 Å². The third kappa shape index (κ3) is 4.33. The molecule has 0 amide bonds. The van der Waals surface area contributed by atoms with Crippen molar-refractivity contribution in [3.8, 4) is 22.4 Å². The highest BCUT2D eigenvalue weighted by Gasteiger charge is 2.41. The van der Waals surface area contributed by atoms with E-state index in [9.17, 15) is 0 Å². The SMILES string of the molecule is c1ccc(-c2cccc([Si](c3ccccc3)(c3ccccc3)c3cccc(-c4ccccn4)c3)c2)cc1. The molecule has 6 aromatic rings. The maximum Gasteiger partial charge on any atom is 0.179 e. The van der Waals surface area contributed by atoms with E-state index in [1.54, 1.807) is 0 Å². The summed E-state index contributed by atoms with van der Waals surface area (Å²) in [7, 11) is -2.66. The van der Waals surface area contributed by atoms with Crippen LogP contribution in [0.4, 0.5) is 0 Å². The van der Waals surface area contributed by atoms with Crippen LogP contribution < -0.4 is 20.7 Å². The molecule has 0 N–H and O–H groups in total. The molecule has 1 heterocycles. The van der Waals surface area contributed by atoms with Gasteiger partial charge in [-0.3, -0.25) is 4.98 Å². The standard InChI is InChI=1S/C35H27NSi/c1-4-14-28(15-5-1)29-16-12-22-33(26-29)37(31-18-6-2-7-19-31,32-20-8-3-9-21-32)34-23-13-17-30(27-34)35-24-10-11-25-36-35/h1-27H. The van der Waals surface area contributed by atoms with Crippen LogP contribution in [-0.4, -0.2) is 13.1 Å². The average molecular weight is 490 g/mol. The molecule has 0 bridgehead atoms. The van der Waals surface area contributed by atoms with Crippen molar-refractivity contribution >= 4 is 28.8 Å². The molecule has 2 heteroatoms. The summed E-state index contributed by atoms with van der Waals surface area (Å²) in [5.74, 6) is 0. The number of aromatic nitrogens is 1. The normalized spacial score (nSPS) is 11.2. The zero-order valence-corrected chi connectivity index (χ0v) is 21.5. The number of nitrogens with zero attached hydrogens (tertiary/aromatic N) is 1. The van der Waals surface area contributed by atoms with Crippen molar-refractivity contribution in [3.05, 3.63) is 164 Å². The topological polar surface area (TPSA) is 12.9 Å². The monoisotopic (exact) mass is 489 g/mol. The quantitative estimate of drug-likeness (QED) is 0.213. The number of rotatable bonds is 6. The first kappa shape index (κ1) is 22.9. The lowest BCUT2D eigenvalue weighted by Crippen LogP contribution is -2.74. The van der Waals surface area contributed by atoms with Crippen LogP contribution >= 0.6 is 0 Å².